The lowest BCUT2D eigenvalue weighted by molar-refractivity contribution is 0.178. The number of aliphatic hydroxyl groups excluding tert-OH is 1. The van der Waals surface area contributed by atoms with E-state index < -0.39 is 0 Å². The predicted octanol–water partition coefficient (Wildman–Crippen LogP) is 5.32. The van der Waals surface area contributed by atoms with E-state index in [2.05, 4.69) is 15.3 Å². The van der Waals surface area contributed by atoms with E-state index in [1.165, 1.54) is 11.3 Å². The van der Waals surface area contributed by atoms with Crippen LogP contribution in [0.5, 0.6) is 11.5 Å². The maximum absolute atomic E-state index is 9.34. The molecule has 4 rings (SSSR count). The summed E-state index contributed by atoms with van der Waals surface area (Å²) in [5, 5.41) is 16.2. The highest BCUT2D eigenvalue weighted by molar-refractivity contribution is 7.09. The van der Waals surface area contributed by atoms with E-state index in [1.54, 1.807) is 7.11 Å². The van der Waals surface area contributed by atoms with Crippen LogP contribution in [0.3, 0.4) is 0 Å². The van der Waals surface area contributed by atoms with Gasteiger partial charge in [0.05, 0.1) is 30.5 Å². The van der Waals surface area contributed by atoms with Gasteiger partial charge in [-0.1, -0.05) is 12.1 Å². The van der Waals surface area contributed by atoms with Crippen molar-refractivity contribution < 1.29 is 19.3 Å². The minimum atomic E-state index is -0.0670. The number of rotatable bonds is 10. The fourth-order valence-electron chi connectivity index (χ4n) is 3.50. The lowest BCUT2D eigenvalue weighted by atomic mass is 10.1. The predicted molar refractivity (Wildman–Crippen MR) is 134 cm³/mol. The monoisotopic (exact) mass is 480 g/mol. The fraction of sp³-hybridized carbons (Fsp3) is 0.320. The summed E-state index contributed by atoms with van der Waals surface area (Å²) >= 11 is 1.43. The number of fused-ring (bicyclic) bond motifs is 1. The van der Waals surface area contributed by atoms with Crippen molar-refractivity contribution in [2.24, 2.45) is 0 Å². The second kappa shape index (κ2) is 10.8. The molecule has 0 aliphatic rings. The molecule has 0 bridgehead atoms. The molecule has 2 heterocycles. The van der Waals surface area contributed by atoms with Crippen LogP contribution in [0.1, 0.15) is 31.6 Å². The van der Waals surface area contributed by atoms with Crippen molar-refractivity contribution in [3.05, 3.63) is 52.6 Å². The van der Waals surface area contributed by atoms with E-state index in [4.69, 9.17) is 19.2 Å². The Balaban J connectivity index is 1.77. The molecule has 0 saturated carbocycles. The molecule has 0 unspecified atom stereocenters. The van der Waals surface area contributed by atoms with Gasteiger partial charge in [-0.3, -0.25) is 0 Å². The molecule has 34 heavy (non-hydrogen) atoms. The maximum Gasteiger partial charge on any atom is 0.163 e. The van der Waals surface area contributed by atoms with Gasteiger partial charge in [0.2, 0.25) is 0 Å². The first-order chi connectivity index (χ1) is 16.5. The van der Waals surface area contributed by atoms with Crippen LogP contribution >= 0.6 is 11.3 Å². The van der Waals surface area contributed by atoms with E-state index in [0.29, 0.717) is 34.8 Å². The van der Waals surface area contributed by atoms with Crippen LogP contribution in [0, 0.1) is 0 Å². The van der Waals surface area contributed by atoms with Gasteiger partial charge in [0, 0.05) is 35.2 Å². The molecular weight excluding hydrogens is 452 g/mol. The molecule has 178 valence electrons. The first kappa shape index (κ1) is 23.9. The van der Waals surface area contributed by atoms with Crippen LogP contribution in [0.4, 0.5) is 11.5 Å². The Morgan fingerprint density at radius 3 is 2.65 bits per heavy atom. The van der Waals surface area contributed by atoms with Gasteiger partial charge in [-0.25, -0.2) is 15.0 Å². The molecule has 0 radical (unpaired) electrons. The van der Waals surface area contributed by atoms with Crippen molar-refractivity contribution in [1.29, 1.82) is 0 Å². The topological polar surface area (TPSA) is 98.6 Å². The molecule has 2 N–H and O–H groups in total. The SMILES string of the molecule is CCOc1cc2c(Nc3cccc(-c4csc(CO)n4)c3)nc(COC)nc2cc1OC(C)C. The number of hydrogen-bond donors (Lipinski definition) is 2. The largest absolute Gasteiger partial charge is 0.490 e. The maximum atomic E-state index is 9.34. The highest BCUT2D eigenvalue weighted by atomic mass is 32.1. The molecule has 2 aromatic heterocycles. The third-order valence-corrected chi connectivity index (χ3v) is 5.69. The molecule has 9 heteroatoms. The van der Waals surface area contributed by atoms with Gasteiger partial charge in [-0.2, -0.15) is 0 Å². The Morgan fingerprint density at radius 1 is 1.09 bits per heavy atom. The van der Waals surface area contributed by atoms with Crippen molar-refractivity contribution >= 4 is 33.7 Å². The second-order valence-electron chi connectivity index (χ2n) is 7.83. The van der Waals surface area contributed by atoms with Gasteiger partial charge in [0.25, 0.3) is 0 Å². The molecule has 0 saturated heterocycles. The highest BCUT2D eigenvalue weighted by Gasteiger charge is 2.16. The van der Waals surface area contributed by atoms with Crippen LogP contribution in [0.15, 0.2) is 41.8 Å². The van der Waals surface area contributed by atoms with Gasteiger partial charge in [0.15, 0.2) is 17.3 Å². The number of nitrogens with zero attached hydrogens (tertiary/aromatic N) is 3. The number of aliphatic hydroxyl groups is 1. The van der Waals surface area contributed by atoms with Crippen LogP contribution in [0.25, 0.3) is 22.2 Å². The highest BCUT2D eigenvalue weighted by Crippen LogP contribution is 2.36. The van der Waals surface area contributed by atoms with Crippen molar-refractivity contribution in [1.82, 2.24) is 15.0 Å². The Bertz CT molecular complexity index is 1280. The summed E-state index contributed by atoms with van der Waals surface area (Å²) in [4.78, 5) is 13.8. The Labute approximate surface area is 202 Å². The first-order valence-electron chi connectivity index (χ1n) is 11.1. The Kier molecular flexibility index (Phi) is 7.56. The summed E-state index contributed by atoms with van der Waals surface area (Å²) < 4.78 is 17.1. The van der Waals surface area contributed by atoms with Gasteiger partial charge < -0.3 is 24.6 Å². The summed E-state index contributed by atoms with van der Waals surface area (Å²) in [6, 6.07) is 11.7. The Hall–Kier alpha value is -3.27. The minimum absolute atomic E-state index is 0.00524. The van der Waals surface area contributed by atoms with Crippen molar-refractivity contribution in [2.45, 2.75) is 40.1 Å². The van der Waals surface area contributed by atoms with Gasteiger partial charge >= 0.3 is 0 Å². The third-order valence-electron chi connectivity index (χ3n) is 4.85. The van der Waals surface area contributed by atoms with Crippen LogP contribution in [0.2, 0.25) is 0 Å². The van der Waals surface area contributed by atoms with Crippen molar-refractivity contribution in [3.63, 3.8) is 0 Å². The number of ether oxygens (including phenoxy) is 3. The first-order valence-corrected chi connectivity index (χ1v) is 11.9. The molecule has 0 atom stereocenters. The zero-order valence-electron chi connectivity index (χ0n) is 19.7. The van der Waals surface area contributed by atoms with Crippen molar-refractivity contribution in [3.8, 4) is 22.8 Å². The smallest absolute Gasteiger partial charge is 0.163 e. The molecule has 0 aliphatic heterocycles. The summed E-state index contributed by atoms with van der Waals surface area (Å²) in [5.74, 6) is 2.48. The van der Waals surface area contributed by atoms with E-state index in [0.717, 1.165) is 27.8 Å². The molecule has 0 aliphatic carbocycles. The molecule has 0 fully saturated rings. The second-order valence-corrected chi connectivity index (χ2v) is 8.77. The average Bonchev–Trinajstić information content (AvgIpc) is 3.30. The van der Waals surface area contributed by atoms with Gasteiger partial charge in [-0.05, 0) is 39.0 Å². The number of methoxy groups -OCH3 is 1. The fourth-order valence-corrected chi connectivity index (χ4v) is 4.16. The van der Waals surface area contributed by atoms with Crippen LogP contribution in [-0.2, 0) is 18.0 Å². The lowest BCUT2D eigenvalue weighted by Crippen LogP contribution is -2.08. The third kappa shape index (κ3) is 5.44. The molecule has 0 spiro atoms. The Morgan fingerprint density at radius 2 is 1.94 bits per heavy atom. The molecule has 8 nitrogen and oxygen atoms in total. The van der Waals surface area contributed by atoms with E-state index >= 15 is 0 Å². The number of anilines is 2. The number of benzene rings is 2. The standard InChI is InChI=1S/C25H28N4O4S/c1-5-32-21-10-18-19(11-22(21)33-15(2)3)27-23(13-31-4)29-25(18)26-17-8-6-7-16(9-17)20-14-34-24(12-30)28-20/h6-11,14-15,30H,5,12-13H2,1-4H3,(H,26,27,29). The van der Waals surface area contributed by atoms with Gasteiger partial charge in [-0.15, -0.1) is 11.3 Å². The zero-order chi connectivity index (χ0) is 24.1. The van der Waals surface area contributed by atoms with Crippen molar-refractivity contribution in [2.75, 3.05) is 19.0 Å². The van der Waals surface area contributed by atoms with Gasteiger partial charge in [0.1, 0.15) is 17.4 Å². The molecular formula is C25H28N4O4S. The number of aromatic nitrogens is 3. The quantitative estimate of drug-likeness (QED) is 0.315. The number of nitrogens with one attached hydrogen (secondary N) is 1. The molecule has 4 aromatic rings. The molecule has 2 aromatic carbocycles. The lowest BCUT2D eigenvalue weighted by Gasteiger charge is -2.17. The normalized spacial score (nSPS) is 11.2. The average molecular weight is 481 g/mol. The molecule has 0 amide bonds. The summed E-state index contributed by atoms with van der Waals surface area (Å²) in [7, 11) is 1.62. The van der Waals surface area contributed by atoms with E-state index in [-0.39, 0.29) is 19.3 Å². The summed E-state index contributed by atoms with van der Waals surface area (Å²) in [6.07, 6.45) is -0.00524. The van der Waals surface area contributed by atoms with Crippen LogP contribution < -0.4 is 14.8 Å². The summed E-state index contributed by atoms with van der Waals surface area (Å²) in [5.41, 5.74) is 3.34. The summed E-state index contributed by atoms with van der Waals surface area (Å²) in [6.45, 7) is 6.61. The minimum Gasteiger partial charge on any atom is -0.490 e. The van der Waals surface area contributed by atoms with E-state index in [1.807, 2.05) is 62.5 Å². The van der Waals surface area contributed by atoms with E-state index in [9.17, 15) is 5.11 Å². The van der Waals surface area contributed by atoms with Crippen LogP contribution in [-0.4, -0.2) is 39.9 Å². The number of hydrogen-bond acceptors (Lipinski definition) is 9. The zero-order valence-corrected chi connectivity index (χ0v) is 20.5. The number of thiazole rings is 1.